The lowest BCUT2D eigenvalue weighted by molar-refractivity contribution is -0.385. The van der Waals surface area contributed by atoms with Gasteiger partial charge in [0.25, 0.3) is 5.69 Å². The van der Waals surface area contributed by atoms with Crippen molar-refractivity contribution in [2.24, 2.45) is 5.73 Å². The molecule has 1 aliphatic carbocycles. The van der Waals surface area contributed by atoms with Crippen molar-refractivity contribution >= 4 is 18.1 Å². The van der Waals surface area contributed by atoms with Crippen molar-refractivity contribution in [1.29, 1.82) is 0 Å². The number of aromatic nitrogens is 1. The quantitative estimate of drug-likeness (QED) is 0.672. The van der Waals surface area contributed by atoms with E-state index in [4.69, 9.17) is 10.5 Å². The minimum absolute atomic E-state index is 0. The normalized spacial score (nSPS) is 22.9. The Morgan fingerprint density at radius 2 is 2.00 bits per heavy atom. The molecule has 0 unspecified atom stereocenters. The smallest absolute Gasteiger partial charge is 0.287 e. The van der Waals surface area contributed by atoms with Crippen LogP contribution < -0.4 is 10.5 Å². The average Bonchev–Trinajstić information content (AvgIpc) is 2.33. The van der Waals surface area contributed by atoms with Crippen molar-refractivity contribution in [3.63, 3.8) is 0 Å². The fourth-order valence-corrected chi connectivity index (χ4v) is 1.93. The monoisotopic (exact) mass is 273 g/mol. The summed E-state index contributed by atoms with van der Waals surface area (Å²) in [6.07, 6.45) is 5.09. The molecule has 2 N–H and O–H groups in total. The maximum atomic E-state index is 10.4. The second-order valence-electron chi connectivity index (χ2n) is 4.27. The molecule has 0 spiro atoms. The highest BCUT2D eigenvalue weighted by atomic mass is 35.5. The van der Waals surface area contributed by atoms with Crippen LogP contribution >= 0.6 is 12.4 Å². The van der Waals surface area contributed by atoms with Crippen molar-refractivity contribution in [1.82, 2.24) is 4.98 Å². The van der Waals surface area contributed by atoms with Crippen LogP contribution in [0.15, 0.2) is 18.3 Å². The number of nitrogens with two attached hydrogens (primary N) is 1. The maximum absolute atomic E-state index is 10.4. The molecule has 1 aromatic rings. The summed E-state index contributed by atoms with van der Waals surface area (Å²) in [7, 11) is 0. The first-order valence-electron chi connectivity index (χ1n) is 5.68. The molecule has 6 nitrogen and oxygen atoms in total. The standard InChI is InChI=1S/C11H15N3O3.ClH/c12-8-1-4-10(5-2-8)17-11-6-3-9(7-13-11)14(15)16;/h3,6-8,10H,1-2,4-5,12H2;1H. The van der Waals surface area contributed by atoms with Gasteiger partial charge in [0.2, 0.25) is 5.88 Å². The Labute approximate surface area is 111 Å². The first kappa shape index (κ1) is 14.7. The second kappa shape index (κ2) is 6.51. The number of halogens is 1. The number of hydrogen-bond donors (Lipinski definition) is 1. The fourth-order valence-electron chi connectivity index (χ4n) is 1.93. The minimum atomic E-state index is -0.476. The highest BCUT2D eigenvalue weighted by molar-refractivity contribution is 5.85. The Kier molecular flexibility index (Phi) is 5.30. The predicted molar refractivity (Wildman–Crippen MR) is 69.0 cm³/mol. The number of hydrogen-bond acceptors (Lipinski definition) is 5. The average molecular weight is 274 g/mol. The van der Waals surface area contributed by atoms with Crippen LogP contribution in [0.4, 0.5) is 5.69 Å². The van der Waals surface area contributed by atoms with Crippen LogP contribution in [-0.2, 0) is 0 Å². The number of ether oxygens (including phenoxy) is 1. The van der Waals surface area contributed by atoms with Crippen molar-refractivity contribution in [2.75, 3.05) is 0 Å². The Bertz CT molecular complexity index is 391. The van der Waals surface area contributed by atoms with Crippen molar-refractivity contribution < 1.29 is 9.66 Å². The summed E-state index contributed by atoms with van der Waals surface area (Å²) in [5.74, 6) is 0.441. The topological polar surface area (TPSA) is 91.3 Å². The number of pyridine rings is 1. The molecule has 0 atom stereocenters. The molecule has 18 heavy (non-hydrogen) atoms. The number of nitro groups is 1. The van der Waals surface area contributed by atoms with Crippen molar-refractivity contribution in [3.05, 3.63) is 28.4 Å². The summed E-state index contributed by atoms with van der Waals surface area (Å²) in [6.45, 7) is 0. The lowest BCUT2D eigenvalue weighted by atomic mass is 9.94. The summed E-state index contributed by atoms with van der Waals surface area (Å²) < 4.78 is 5.65. The molecule has 1 aliphatic rings. The molecule has 0 amide bonds. The Morgan fingerprint density at radius 3 is 2.50 bits per heavy atom. The largest absolute Gasteiger partial charge is 0.474 e. The zero-order valence-corrected chi connectivity index (χ0v) is 10.6. The summed E-state index contributed by atoms with van der Waals surface area (Å²) in [5, 5.41) is 10.4. The van der Waals surface area contributed by atoms with E-state index in [2.05, 4.69) is 4.98 Å². The molecule has 0 radical (unpaired) electrons. The summed E-state index contributed by atoms with van der Waals surface area (Å²) >= 11 is 0. The summed E-state index contributed by atoms with van der Waals surface area (Å²) in [4.78, 5) is 13.9. The van der Waals surface area contributed by atoms with Gasteiger partial charge in [0.1, 0.15) is 12.3 Å². The SMILES string of the molecule is Cl.NC1CCC(Oc2ccc([N+](=O)[O-])cn2)CC1. The van der Waals surface area contributed by atoms with E-state index < -0.39 is 4.92 Å². The Hall–Kier alpha value is -1.40. The third kappa shape index (κ3) is 3.82. The van der Waals surface area contributed by atoms with Gasteiger partial charge in [-0.2, -0.15) is 0 Å². The molecular weight excluding hydrogens is 258 g/mol. The molecular formula is C11H16ClN3O3. The van der Waals surface area contributed by atoms with Gasteiger partial charge in [0.05, 0.1) is 4.92 Å². The van der Waals surface area contributed by atoms with Crippen LogP contribution in [0.5, 0.6) is 5.88 Å². The van der Waals surface area contributed by atoms with Gasteiger partial charge in [-0.25, -0.2) is 4.98 Å². The molecule has 1 aromatic heterocycles. The third-order valence-electron chi connectivity index (χ3n) is 2.94. The van der Waals surface area contributed by atoms with E-state index in [-0.39, 0.29) is 30.2 Å². The molecule has 0 bridgehead atoms. The second-order valence-corrected chi connectivity index (χ2v) is 4.27. The predicted octanol–water partition coefficient (Wildman–Crippen LogP) is 2.06. The Morgan fingerprint density at radius 1 is 1.33 bits per heavy atom. The van der Waals surface area contributed by atoms with E-state index in [1.807, 2.05) is 0 Å². The van der Waals surface area contributed by atoms with Gasteiger partial charge in [0.15, 0.2) is 0 Å². The number of nitrogens with zero attached hydrogens (tertiary/aromatic N) is 2. The molecule has 100 valence electrons. The van der Waals surface area contributed by atoms with Gasteiger partial charge >= 0.3 is 0 Å². The van der Waals surface area contributed by atoms with Crippen molar-refractivity contribution in [2.45, 2.75) is 37.8 Å². The van der Waals surface area contributed by atoms with Crippen LogP contribution in [0.1, 0.15) is 25.7 Å². The zero-order chi connectivity index (χ0) is 12.3. The molecule has 7 heteroatoms. The zero-order valence-electron chi connectivity index (χ0n) is 9.82. The van der Waals surface area contributed by atoms with Crippen molar-refractivity contribution in [3.8, 4) is 5.88 Å². The minimum Gasteiger partial charge on any atom is -0.474 e. The van der Waals surface area contributed by atoms with E-state index in [9.17, 15) is 10.1 Å². The summed E-state index contributed by atoms with van der Waals surface area (Å²) in [6, 6.07) is 3.21. The lowest BCUT2D eigenvalue weighted by Crippen LogP contribution is -2.31. The van der Waals surface area contributed by atoms with Gasteiger partial charge in [-0.15, -0.1) is 12.4 Å². The van der Waals surface area contributed by atoms with Crippen LogP contribution in [-0.4, -0.2) is 22.1 Å². The van der Waals surface area contributed by atoms with E-state index in [0.29, 0.717) is 5.88 Å². The molecule has 1 heterocycles. The van der Waals surface area contributed by atoms with E-state index >= 15 is 0 Å². The molecule has 0 aromatic carbocycles. The molecule has 2 rings (SSSR count). The molecule has 0 aliphatic heterocycles. The van der Waals surface area contributed by atoms with Gasteiger partial charge in [0, 0.05) is 18.2 Å². The third-order valence-corrected chi connectivity index (χ3v) is 2.94. The van der Waals surface area contributed by atoms with Gasteiger partial charge in [-0.05, 0) is 25.7 Å². The first-order chi connectivity index (χ1) is 8.15. The van der Waals surface area contributed by atoms with E-state index in [1.165, 1.54) is 18.3 Å². The number of rotatable bonds is 3. The van der Waals surface area contributed by atoms with Crippen LogP contribution in [0, 0.1) is 10.1 Å². The molecule has 1 saturated carbocycles. The van der Waals surface area contributed by atoms with Gasteiger partial charge < -0.3 is 10.5 Å². The van der Waals surface area contributed by atoms with Crippen LogP contribution in [0.3, 0.4) is 0 Å². The molecule has 1 fully saturated rings. The highest BCUT2D eigenvalue weighted by Gasteiger charge is 2.20. The van der Waals surface area contributed by atoms with Gasteiger partial charge in [-0.3, -0.25) is 10.1 Å². The lowest BCUT2D eigenvalue weighted by Gasteiger charge is -2.26. The first-order valence-corrected chi connectivity index (χ1v) is 5.68. The Balaban J connectivity index is 0.00000162. The summed E-state index contributed by atoms with van der Waals surface area (Å²) in [5.41, 5.74) is 5.77. The fraction of sp³-hybridized carbons (Fsp3) is 0.545. The maximum Gasteiger partial charge on any atom is 0.287 e. The molecule has 0 saturated heterocycles. The van der Waals surface area contributed by atoms with Crippen LogP contribution in [0.2, 0.25) is 0 Å². The highest BCUT2D eigenvalue weighted by Crippen LogP contribution is 2.22. The van der Waals surface area contributed by atoms with E-state index in [0.717, 1.165) is 25.7 Å². The van der Waals surface area contributed by atoms with Gasteiger partial charge in [-0.1, -0.05) is 0 Å². The van der Waals surface area contributed by atoms with E-state index in [1.54, 1.807) is 0 Å². The van der Waals surface area contributed by atoms with Crippen LogP contribution in [0.25, 0.3) is 0 Å².